The molecule has 0 aromatic heterocycles. The molecule has 7 atom stereocenters. The van der Waals surface area contributed by atoms with Crippen molar-refractivity contribution in [1.82, 2.24) is 0 Å². The Hall–Kier alpha value is -2.36. The summed E-state index contributed by atoms with van der Waals surface area (Å²) >= 11 is 0. The number of fused-ring (bicyclic) bond motifs is 11. The minimum absolute atomic E-state index is 0.596. The van der Waals surface area contributed by atoms with Crippen LogP contribution < -0.4 is 18.9 Å². The molecule has 4 nitrogen and oxygen atoms in total. The van der Waals surface area contributed by atoms with E-state index in [9.17, 15) is 0 Å². The maximum absolute atomic E-state index is 6.40. The molecule has 2 fully saturated rings. The van der Waals surface area contributed by atoms with Crippen LogP contribution in [-0.2, 0) is 0 Å². The smallest absolute Gasteiger partial charge is 0.382 e. The van der Waals surface area contributed by atoms with Gasteiger partial charge in [0.15, 0.2) is 23.0 Å². The Kier molecular flexibility index (Phi) is 2.94. The average Bonchev–Trinajstić information content (AvgIpc) is 3.37. The zero-order chi connectivity index (χ0) is 20.7. The van der Waals surface area contributed by atoms with Gasteiger partial charge >= 0.3 is 6.16 Å². The Bertz CT molecular complexity index is 1150. The molecule has 30 heavy (non-hydrogen) atoms. The van der Waals surface area contributed by atoms with Crippen molar-refractivity contribution in [3.8, 4) is 23.0 Å². The van der Waals surface area contributed by atoms with Gasteiger partial charge in [0.05, 0.1) is 0 Å². The molecule has 2 bridgehead atoms. The van der Waals surface area contributed by atoms with E-state index in [0.717, 1.165) is 46.5 Å². The van der Waals surface area contributed by atoms with Crippen molar-refractivity contribution >= 4 is 0 Å². The fourth-order valence-electron chi connectivity index (χ4n) is 7.32. The summed E-state index contributed by atoms with van der Waals surface area (Å²) < 4.78 is 25.0. The molecule has 2 heterocycles. The summed E-state index contributed by atoms with van der Waals surface area (Å²) in [6, 6.07) is 4.14. The van der Waals surface area contributed by atoms with Crippen molar-refractivity contribution in [3.63, 3.8) is 0 Å². The molecule has 3 aliphatic carbocycles. The van der Waals surface area contributed by atoms with Gasteiger partial charge in [0.25, 0.3) is 0 Å². The van der Waals surface area contributed by atoms with Crippen molar-refractivity contribution in [1.29, 1.82) is 0 Å². The lowest BCUT2D eigenvalue weighted by Crippen LogP contribution is -2.47. The van der Waals surface area contributed by atoms with Gasteiger partial charge in [-0.25, -0.2) is 0 Å². The highest BCUT2D eigenvalue weighted by molar-refractivity contribution is 5.66. The van der Waals surface area contributed by atoms with Crippen LogP contribution in [0.3, 0.4) is 0 Å². The van der Waals surface area contributed by atoms with Crippen LogP contribution in [0.5, 0.6) is 23.0 Å². The molecule has 0 amide bonds. The summed E-state index contributed by atoms with van der Waals surface area (Å²) in [5.41, 5.74) is 7.64. The first-order chi connectivity index (χ1) is 14.3. The Morgan fingerprint density at radius 1 is 0.700 bits per heavy atom. The maximum Gasteiger partial charge on any atom is 0.611 e. The first-order valence-corrected chi connectivity index (χ1v) is 11.3. The van der Waals surface area contributed by atoms with Crippen molar-refractivity contribution in [2.75, 3.05) is 0 Å². The van der Waals surface area contributed by atoms with E-state index in [-0.39, 0.29) is 0 Å². The number of aryl methyl sites for hydroxylation is 2. The van der Waals surface area contributed by atoms with Gasteiger partial charge in [-0.2, -0.15) is 0 Å². The quantitative estimate of drug-likeness (QED) is 0.550. The Labute approximate surface area is 177 Å². The summed E-state index contributed by atoms with van der Waals surface area (Å²) in [7, 11) is 0. The third-order valence-electron chi connectivity index (χ3n) is 9.22. The van der Waals surface area contributed by atoms with E-state index in [1.54, 1.807) is 0 Å². The number of ether oxygens (including phenoxy) is 4. The van der Waals surface area contributed by atoms with Gasteiger partial charge in [-0.15, -0.1) is 0 Å². The molecule has 0 N–H and O–H groups in total. The van der Waals surface area contributed by atoms with E-state index in [2.05, 4.69) is 47.6 Å². The molecule has 2 saturated carbocycles. The van der Waals surface area contributed by atoms with Gasteiger partial charge in [-0.05, 0) is 110 Å². The molecule has 2 aromatic rings. The molecule has 4 heteroatoms. The lowest BCUT2D eigenvalue weighted by atomic mass is 9.55. The largest absolute Gasteiger partial charge is 0.611 e. The number of hydrogen-bond acceptors (Lipinski definition) is 4. The highest BCUT2D eigenvalue weighted by Crippen LogP contribution is 2.74. The first kappa shape index (κ1) is 17.3. The van der Waals surface area contributed by atoms with Gasteiger partial charge < -0.3 is 18.9 Å². The molecule has 2 aromatic carbocycles. The molecule has 0 radical (unpaired) electrons. The van der Waals surface area contributed by atoms with Crippen LogP contribution in [0.4, 0.5) is 0 Å². The minimum atomic E-state index is -1.53. The van der Waals surface area contributed by atoms with E-state index in [4.69, 9.17) is 18.9 Å². The number of rotatable bonds is 0. The van der Waals surface area contributed by atoms with Gasteiger partial charge in [-0.3, -0.25) is 0 Å². The maximum atomic E-state index is 6.40. The van der Waals surface area contributed by atoms with Gasteiger partial charge in [0.2, 0.25) is 0 Å². The molecule has 2 aliphatic heterocycles. The highest BCUT2D eigenvalue weighted by Gasteiger charge is 2.65. The van der Waals surface area contributed by atoms with E-state index in [1.807, 2.05) is 6.07 Å². The minimum Gasteiger partial charge on any atom is -0.382 e. The zero-order valence-corrected chi connectivity index (χ0v) is 18.5. The van der Waals surface area contributed by atoms with Gasteiger partial charge in [-0.1, -0.05) is 13.8 Å². The molecule has 7 rings (SSSR count). The Balaban J connectivity index is 1.30. The van der Waals surface area contributed by atoms with Crippen LogP contribution in [0.2, 0.25) is 0 Å². The Morgan fingerprint density at radius 2 is 1.27 bits per heavy atom. The van der Waals surface area contributed by atoms with Crippen LogP contribution in [0, 0.1) is 51.4 Å². The van der Waals surface area contributed by atoms with E-state index in [0.29, 0.717) is 17.6 Å². The monoisotopic (exact) mass is 404 g/mol. The van der Waals surface area contributed by atoms with Crippen molar-refractivity contribution in [2.24, 2.45) is 23.7 Å². The van der Waals surface area contributed by atoms with E-state index in [1.165, 1.54) is 34.2 Å². The highest BCUT2D eigenvalue weighted by atomic mass is 17.0. The molecule has 5 aliphatic rings. The Morgan fingerprint density at radius 3 is 1.97 bits per heavy atom. The lowest BCUT2D eigenvalue weighted by Gasteiger charge is -2.48. The summed E-state index contributed by atoms with van der Waals surface area (Å²) in [4.78, 5) is 0. The van der Waals surface area contributed by atoms with Crippen LogP contribution in [0.1, 0.15) is 65.5 Å². The topological polar surface area (TPSA) is 36.9 Å². The van der Waals surface area contributed by atoms with Crippen LogP contribution in [0.15, 0.2) is 12.1 Å². The van der Waals surface area contributed by atoms with E-state index >= 15 is 0 Å². The van der Waals surface area contributed by atoms with Crippen molar-refractivity contribution < 1.29 is 18.9 Å². The predicted octanol–water partition coefficient (Wildman–Crippen LogP) is 5.88. The predicted molar refractivity (Wildman–Crippen MR) is 112 cm³/mol. The summed E-state index contributed by atoms with van der Waals surface area (Å²) in [5, 5.41) is 0. The second-order valence-electron chi connectivity index (χ2n) is 10.4. The van der Waals surface area contributed by atoms with Gasteiger partial charge in [0.1, 0.15) is 0 Å². The second kappa shape index (κ2) is 5.09. The van der Waals surface area contributed by atoms with Crippen molar-refractivity contribution in [2.45, 2.75) is 66.0 Å². The van der Waals surface area contributed by atoms with Crippen LogP contribution in [-0.4, -0.2) is 6.16 Å². The summed E-state index contributed by atoms with van der Waals surface area (Å²) in [6.45, 7) is 13.4. The SMILES string of the molecule is Cc1cc2c(c(C)c1C)OC1(O2)Oc2cc(C)c3c(c2O1)C1C2CC(C(C)C2C)C31. The molecule has 156 valence electrons. The molecular weight excluding hydrogens is 376 g/mol. The third-order valence-corrected chi connectivity index (χ3v) is 9.22. The molecule has 0 saturated heterocycles. The zero-order valence-electron chi connectivity index (χ0n) is 18.5. The summed E-state index contributed by atoms with van der Waals surface area (Å²) in [6.07, 6.45) is -0.179. The van der Waals surface area contributed by atoms with E-state index < -0.39 is 6.16 Å². The second-order valence-corrected chi connectivity index (χ2v) is 10.4. The normalized spacial score (nSPS) is 38.1. The van der Waals surface area contributed by atoms with Crippen molar-refractivity contribution in [3.05, 3.63) is 45.5 Å². The number of benzene rings is 2. The van der Waals surface area contributed by atoms with Crippen LogP contribution in [0.25, 0.3) is 0 Å². The lowest BCUT2D eigenvalue weighted by molar-refractivity contribution is -0.330. The third kappa shape index (κ3) is 1.78. The number of hydrogen-bond donors (Lipinski definition) is 0. The molecular formula is C26H28O4. The molecule has 7 unspecified atom stereocenters. The van der Waals surface area contributed by atoms with Crippen LogP contribution >= 0.6 is 0 Å². The van der Waals surface area contributed by atoms with Gasteiger partial charge in [0, 0.05) is 5.56 Å². The summed E-state index contributed by atoms with van der Waals surface area (Å²) in [5.74, 6) is 7.46. The average molecular weight is 405 g/mol. The standard InChI is InChI=1S/C26H28O4/c1-10-7-18-24(15(6)12(10)3)29-26(27-18)28-19-8-11(2)20-21-16-9-17(14(5)13(16)4)22(21)23(20)25(19)30-26/h7-8,13-14,16-17,21-22H,9H2,1-6H3. The fraction of sp³-hybridized carbons (Fsp3) is 0.538. The fourth-order valence-corrected chi connectivity index (χ4v) is 7.32. The first-order valence-electron chi connectivity index (χ1n) is 11.3. The molecule has 1 spiro atoms.